The quantitative estimate of drug-likeness (QED) is 0.843. The summed E-state index contributed by atoms with van der Waals surface area (Å²) in [6.45, 7) is 1.13. The Hall–Kier alpha value is -2.26. The third-order valence-corrected chi connectivity index (χ3v) is 5.78. The van der Waals surface area contributed by atoms with Crippen molar-refractivity contribution in [2.24, 2.45) is 0 Å². The fourth-order valence-corrected chi connectivity index (χ4v) is 3.56. The van der Waals surface area contributed by atoms with Crippen LogP contribution in [0.2, 0.25) is 0 Å². The number of carbonyl (C=O) groups excluding carboxylic acids is 1. The summed E-state index contributed by atoms with van der Waals surface area (Å²) < 4.78 is 27.4. The summed E-state index contributed by atoms with van der Waals surface area (Å²) in [5.74, 6) is 1.31. The molecule has 1 aliphatic rings. The molecule has 0 radical (unpaired) electrons. The minimum atomic E-state index is -3.57. The number of nitrogens with one attached hydrogen (secondary N) is 1. The van der Waals surface area contributed by atoms with Gasteiger partial charge in [0.2, 0.25) is 10.0 Å². The molecule has 1 aromatic carbocycles. The lowest BCUT2D eigenvalue weighted by Gasteiger charge is -2.12. The fraction of sp³-hybridized carbons (Fsp3) is 0.400. The summed E-state index contributed by atoms with van der Waals surface area (Å²) in [7, 11) is -0.668. The van der Waals surface area contributed by atoms with E-state index in [2.05, 4.69) is 15.5 Å². The number of hydrogen-bond acceptors (Lipinski definition) is 5. The van der Waals surface area contributed by atoms with Crippen molar-refractivity contribution in [1.29, 1.82) is 0 Å². The van der Waals surface area contributed by atoms with Gasteiger partial charge in [0.25, 0.3) is 5.91 Å². The lowest BCUT2D eigenvalue weighted by Crippen LogP contribution is -2.26. The van der Waals surface area contributed by atoms with E-state index in [1.54, 1.807) is 12.1 Å². The van der Waals surface area contributed by atoms with Crippen molar-refractivity contribution >= 4 is 15.9 Å². The summed E-state index contributed by atoms with van der Waals surface area (Å²) in [5.41, 5.74) is 0.291. The summed E-state index contributed by atoms with van der Waals surface area (Å²) in [6.07, 6.45) is 1.95. The smallest absolute Gasteiger partial charge is 0.251 e. The predicted octanol–water partition coefficient (Wildman–Crippen LogP) is 0.405. The van der Waals surface area contributed by atoms with E-state index in [1.807, 2.05) is 4.57 Å². The minimum absolute atomic E-state index is 0.0866. The highest BCUT2D eigenvalue weighted by atomic mass is 32.2. The van der Waals surface area contributed by atoms with Gasteiger partial charge in [0.05, 0.1) is 11.4 Å². The number of aromatic nitrogens is 3. The third kappa shape index (κ3) is 3.04. The Morgan fingerprint density at radius 1 is 1.33 bits per heavy atom. The molecule has 3 rings (SSSR count). The Bertz CT molecular complexity index is 873. The topological polar surface area (TPSA) is 97.2 Å². The lowest BCUT2D eigenvalue weighted by molar-refractivity contribution is 0.0949. The highest BCUT2D eigenvalue weighted by Crippen LogP contribution is 2.16. The number of hydrogen-bond donors (Lipinski definition) is 1. The molecule has 128 valence electrons. The highest BCUT2D eigenvalue weighted by molar-refractivity contribution is 7.89. The van der Waals surface area contributed by atoms with Crippen molar-refractivity contribution in [2.75, 3.05) is 14.1 Å². The maximum absolute atomic E-state index is 12.3. The van der Waals surface area contributed by atoms with Gasteiger partial charge in [0.1, 0.15) is 5.82 Å². The molecule has 0 spiro atoms. The second-order valence-corrected chi connectivity index (χ2v) is 7.94. The fourth-order valence-electron chi connectivity index (χ4n) is 2.61. The normalized spacial score (nSPS) is 14.0. The van der Waals surface area contributed by atoms with Crippen LogP contribution in [0.15, 0.2) is 29.2 Å². The molecule has 0 aliphatic carbocycles. The molecule has 2 heterocycles. The van der Waals surface area contributed by atoms with Crippen molar-refractivity contribution in [3.05, 3.63) is 41.5 Å². The van der Waals surface area contributed by atoms with Gasteiger partial charge in [-0.05, 0) is 24.6 Å². The highest BCUT2D eigenvalue weighted by Gasteiger charge is 2.20. The van der Waals surface area contributed by atoms with Crippen LogP contribution in [0.3, 0.4) is 0 Å². The molecule has 8 nitrogen and oxygen atoms in total. The van der Waals surface area contributed by atoms with E-state index >= 15 is 0 Å². The zero-order valence-electron chi connectivity index (χ0n) is 13.6. The van der Waals surface area contributed by atoms with Gasteiger partial charge >= 0.3 is 0 Å². The largest absolute Gasteiger partial charge is 0.345 e. The second-order valence-electron chi connectivity index (χ2n) is 5.79. The first-order valence-corrected chi connectivity index (χ1v) is 9.05. The monoisotopic (exact) mass is 349 g/mol. The van der Waals surface area contributed by atoms with Gasteiger partial charge < -0.3 is 9.88 Å². The van der Waals surface area contributed by atoms with E-state index in [1.165, 1.54) is 26.2 Å². The van der Waals surface area contributed by atoms with Crippen molar-refractivity contribution < 1.29 is 13.2 Å². The number of nitrogens with zero attached hydrogens (tertiary/aromatic N) is 4. The predicted molar refractivity (Wildman–Crippen MR) is 86.8 cm³/mol. The molecular weight excluding hydrogens is 330 g/mol. The van der Waals surface area contributed by atoms with Crippen LogP contribution >= 0.6 is 0 Å². The summed E-state index contributed by atoms with van der Waals surface area (Å²) in [5, 5.41) is 10.9. The van der Waals surface area contributed by atoms with Crippen molar-refractivity contribution in [3.63, 3.8) is 0 Å². The number of rotatable bonds is 5. The molecule has 0 saturated carbocycles. The van der Waals surface area contributed by atoms with Gasteiger partial charge in [-0.3, -0.25) is 4.79 Å². The first-order valence-electron chi connectivity index (χ1n) is 7.61. The van der Waals surface area contributed by atoms with Crippen LogP contribution in [0, 0.1) is 0 Å². The molecule has 0 atom stereocenters. The number of sulfonamides is 1. The van der Waals surface area contributed by atoms with Gasteiger partial charge in [0, 0.05) is 32.6 Å². The van der Waals surface area contributed by atoms with Crippen LogP contribution in [0.5, 0.6) is 0 Å². The Kier molecular flexibility index (Phi) is 4.37. The van der Waals surface area contributed by atoms with E-state index in [0.717, 1.165) is 29.5 Å². The van der Waals surface area contributed by atoms with Gasteiger partial charge in [0.15, 0.2) is 5.82 Å². The van der Waals surface area contributed by atoms with E-state index in [0.29, 0.717) is 11.4 Å². The third-order valence-electron chi connectivity index (χ3n) is 3.97. The maximum Gasteiger partial charge on any atom is 0.251 e. The Balaban J connectivity index is 1.74. The van der Waals surface area contributed by atoms with Crippen LogP contribution in [0.25, 0.3) is 0 Å². The van der Waals surface area contributed by atoms with Crippen LogP contribution in [-0.4, -0.2) is 47.5 Å². The van der Waals surface area contributed by atoms with Crippen LogP contribution in [-0.2, 0) is 29.5 Å². The molecule has 0 bridgehead atoms. The van der Waals surface area contributed by atoms with Crippen molar-refractivity contribution in [2.45, 2.75) is 30.8 Å². The molecule has 9 heteroatoms. The molecule has 2 aromatic rings. The number of benzene rings is 1. The van der Waals surface area contributed by atoms with Gasteiger partial charge in [-0.25, -0.2) is 12.7 Å². The van der Waals surface area contributed by atoms with Crippen LogP contribution in [0.1, 0.15) is 28.4 Å². The average molecular weight is 349 g/mol. The molecule has 0 fully saturated rings. The van der Waals surface area contributed by atoms with Crippen molar-refractivity contribution in [3.8, 4) is 0 Å². The number of aryl methyl sites for hydroxylation is 1. The first kappa shape index (κ1) is 16.6. The molecule has 1 amide bonds. The van der Waals surface area contributed by atoms with Gasteiger partial charge in [-0.1, -0.05) is 6.07 Å². The minimum Gasteiger partial charge on any atom is -0.345 e. The Morgan fingerprint density at radius 2 is 2.12 bits per heavy atom. The van der Waals surface area contributed by atoms with Crippen molar-refractivity contribution in [1.82, 2.24) is 24.4 Å². The average Bonchev–Trinajstić information content (AvgIpc) is 3.16. The van der Waals surface area contributed by atoms with Gasteiger partial charge in [-0.2, -0.15) is 0 Å². The van der Waals surface area contributed by atoms with E-state index in [4.69, 9.17) is 0 Å². The SMILES string of the molecule is CN(C)S(=O)(=O)c1cccc(C(=O)NCc2nnc3n2CCC3)c1. The molecule has 1 aliphatic heterocycles. The Morgan fingerprint density at radius 3 is 2.88 bits per heavy atom. The first-order chi connectivity index (χ1) is 11.4. The van der Waals surface area contributed by atoms with Crippen LogP contribution in [0.4, 0.5) is 0 Å². The maximum atomic E-state index is 12.3. The summed E-state index contributed by atoms with van der Waals surface area (Å²) in [6, 6.07) is 5.98. The molecular formula is C15H19N5O3S. The standard InChI is InChI=1S/C15H19N5O3S/c1-19(2)24(22,23)12-6-3-5-11(9-12)15(21)16-10-14-18-17-13-7-4-8-20(13)14/h3,5-6,9H,4,7-8,10H2,1-2H3,(H,16,21). The molecule has 24 heavy (non-hydrogen) atoms. The summed E-state index contributed by atoms with van der Waals surface area (Å²) >= 11 is 0. The van der Waals surface area contributed by atoms with Gasteiger partial charge in [-0.15, -0.1) is 10.2 Å². The van der Waals surface area contributed by atoms with E-state index in [9.17, 15) is 13.2 Å². The molecule has 0 saturated heterocycles. The lowest BCUT2D eigenvalue weighted by atomic mass is 10.2. The second kappa shape index (κ2) is 6.33. The summed E-state index contributed by atoms with van der Waals surface area (Å²) in [4.78, 5) is 12.4. The van der Waals surface area contributed by atoms with E-state index in [-0.39, 0.29) is 17.3 Å². The Labute approximate surface area is 140 Å². The zero-order valence-corrected chi connectivity index (χ0v) is 14.4. The number of amides is 1. The molecule has 0 unspecified atom stereocenters. The van der Waals surface area contributed by atoms with E-state index < -0.39 is 10.0 Å². The number of carbonyl (C=O) groups is 1. The number of fused-ring (bicyclic) bond motifs is 1. The molecule has 1 aromatic heterocycles. The molecule has 1 N–H and O–H groups in total. The van der Waals surface area contributed by atoms with Crippen LogP contribution < -0.4 is 5.32 Å². The zero-order chi connectivity index (χ0) is 17.3.